The van der Waals surface area contributed by atoms with E-state index in [1.54, 1.807) is 18.3 Å². The van der Waals surface area contributed by atoms with E-state index < -0.39 is 10.7 Å². The van der Waals surface area contributed by atoms with Gasteiger partial charge in [0.1, 0.15) is 30.3 Å². The Bertz CT molecular complexity index is 1190. The second-order valence-corrected chi connectivity index (χ2v) is 6.06. The Kier molecular flexibility index (Phi) is 4.93. The van der Waals surface area contributed by atoms with E-state index in [0.717, 1.165) is 5.69 Å². The van der Waals surface area contributed by atoms with E-state index in [0.29, 0.717) is 16.7 Å². The van der Waals surface area contributed by atoms with Gasteiger partial charge in [-0.3, -0.25) is 15.1 Å². The number of fused-ring (bicyclic) bond motifs is 1. The van der Waals surface area contributed by atoms with Gasteiger partial charge in [-0.05, 0) is 30.3 Å². The average Bonchev–Trinajstić information content (AvgIpc) is 2.74. The Morgan fingerprint density at radius 1 is 1.07 bits per heavy atom. The summed E-state index contributed by atoms with van der Waals surface area (Å²) in [7, 11) is 0. The van der Waals surface area contributed by atoms with Crippen molar-refractivity contribution in [3.05, 3.63) is 88.7 Å². The van der Waals surface area contributed by atoms with Crippen LogP contribution in [0.2, 0.25) is 0 Å². The fraction of sp³-hybridized carbons (Fsp3) is 0.0500. The number of hydrogen-bond acceptors (Lipinski definition) is 7. The van der Waals surface area contributed by atoms with Crippen molar-refractivity contribution < 1.29 is 14.1 Å². The first kappa shape index (κ1) is 18.2. The zero-order chi connectivity index (χ0) is 20.2. The van der Waals surface area contributed by atoms with Crippen molar-refractivity contribution in [3.63, 3.8) is 0 Å². The van der Waals surface area contributed by atoms with Crippen LogP contribution in [0.15, 0.2) is 67.1 Å². The predicted molar refractivity (Wildman–Crippen MR) is 104 cm³/mol. The van der Waals surface area contributed by atoms with Crippen LogP contribution in [0.25, 0.3) is 10.9 Å². The van der Waals surface area contributed by atoms with Crippen LogP contribution in [0.1, 0.15) is 5.69 Å². The fourth-order valence-electron chi connectivity index (χ4n) is 2.71. The topological polar surface area (TPSA) is 103 Å². The van der Waals surface area contributed by atoms with Crippen LogP contribution < -0.4 is 10.1 Å². The Balaban J connectivity index is 1.56. The van der Waals surface area contributed by atoms with Gasteiger partial charge in [0.25, 0.3) is 5.69 Å². The SMILES string of the molecule is O=[N+]([O-])c1ccc2ncnc(Nc3ccc(OCc4ccccn4)cc3F)c2c1. The Morgan fingerprint density at radius 2 is 1.97 bits per heavy atom. The molecule has 0 atom stereocenters. The fourth-order valence-corrected chi connectivity index (χ4v) is 2.71. The van der Waals surface area contributed by atoms with Crippen LogP contribution in [-0.4, -0.2) is 19.9 Å². The molecule has 2 aromatic carbocycles. The number of hydrogen-bond donors (Lipinski definition) is 1. The molecule has 8 nitrogen and oxygen atoms in total. The van der Waals surface area contributed by atoms with E-state index in [4.69, 9.17) is 4.74 Å². The van der Waals surface area contributed by atoms with Gasteiger partial charge in [-0.25, -0.2) is 14.4 Å². The number of nitro benzene ring substituents is 1. The number of nitrogens with one attached hydrogen (secondary N) is 1. The Hall–Kier alpha value is -4.14. The van der Waals surface area contributed by atoms with Crippen LogP contribution in [0, 0.1) is 15.9 Å². The average molecular weight is 391 g/mol. The maximum atomic E-state index is 14.6. The molecular formula is C20H14FN5O3. The van der Waals surface area contributed by atoms with Crippen LogP contribution in [0.4, 0.5) is 21.6 Å². The quantitative estimate of drug-likeness (QED) is 0.384. The normalized spacial score (nSPS) is 10.7. The molecular weight excluding hydrogens is 377 g/mol. The largest absolute Gasteiger partial charge is 0.487 e. The first-order valence-electron chi connectivity index (χ1n) is 8.58. The Labute approximate surface area is 164 Å². The van der Waals surface area contributed by atoms with Crippen molar-refractivity contribution in [2.75, 3.05) is 5.32 Å². The molecule has 0 spiro atoms. The number of nitrogens with zero attached hydrogens (tertiary/aromatic N) is 4. The summed E-state index contributed by atoms with van der Waals surface area (Å²) in [6, 6.07) is 14.0. The molecule has 0 aliphatic rings. The third-order valence-electron chi connectivity index (χ3n) is 4.14. The van der Waals surface area contributed by atoms with Gasteiger partial charge in [-0.15, -0.1) is 0 Å². The molecule has 0 amide bonds. The van der Waals surface area contributed by atoms with Gasteiger partial charge in [-0.2, -0.15) is 0 Å². The number of nitro groups is 1. The molecule has 0 bridgehead atoms. The number of rotatable bonds is 6. The van der Waals surface area contributed by atoms with Crippen LogP contribution in [0.3, 0.4) is 0 Å². The van der Waals surface area contributed by atoms with Gasteiger partial charge in [0.15, 0.2) is 0 Å². The lowest BCUT2D eigenvalue weighted by molar-refractivity contribution is -0.384. The third-order valence-corrected chi connectivity index (χ3v) is 4.14. The summed E-state index contributed by atoms with van der Waals surface area (Å²) in [6.07, 6.45) is 2.96. The molecule has 0 saturated heterocycles. The molecule has 9 heteroatoms. The van der Waals surface area contributed by atoms with Crippen molar-refractivity contribution in [1.82, 2.24) is 15.0 Å². The highest BCUT2D eigenvalue weighted by Crippen LogP contribution is 2.29. The summed E-state index contributed by atoms with van der Waals surface area (Å²) in [5, 5.41) is 14.3. The summed E-state index contributed by atoms with van der Waals surface area (Å²) in [5.41, 5.74) is 1.28. The molecule has 0 aliphatic carbocycles. The second-order valence-electron chi connectivity index (χ2n) is 6.06. The van der Waals surface area contributed by atoms with E-state index >= 15 is 0 Å². The van der Waals surface area contributed by atoms with Gasteiger partial charge in [-0.1, -0.05) is 6.07 Å². The predicted octanol–water partition coefficient (Wildman–Crippen LogP) is 4.39. The number of ether oxygens (including phenoxy) is 1. The van der Waals surface area contributed by atoms with Gasteiger partial charge < -0.3 is 10.1 Å². The molecule has 29 heavy (non-hydrogen) atoms. The lowest BCUT2D eigenvalue weighted by atomic mass is 10.2. The summed E-state index contributed by atoms with van der Waals surface area (Å²) >= 11 is 0. The van der Waals surface area contributed by atoms with Crippen LogP contribution in [0.5, 0.6) is 5.75 Å². The van der Waals surface area contributed by atoms with E-state index in [-0.39, 0.29) is 23.8 Å². The van der Waals surface area contributed by atoms with Crippen molar-refractivity contribution in [1.29, 1.82) is 0 Å². The van der Waals surface area contributed by atoms with E-state index in [9.17, 15) is 14.5 Å². The molecule has 0 unspecified atom stereocenters. The zero-order valence-electron chi connectivity index (χ0n) is 14.9. The van der Waals surface area contributed by atoms with E-state index in [1.807, 2.05) is 12.1 Å². The molecule has 4 aromatic rings. The van der Waals surface area contributed by atoms with Crippen molar-refractivity contribution in [3.8, 4) is 5.75 Å². The van der Waals surface area contributed by atoms with Gasteiger partial charge in [0.2, 0.25) is 0 Å². The van der Waals surface area contributed by atoms with Crippen LogP contribution >= 0.6 is 0 Å². The monoisotopic (exact) mass is 391 g/mol. The van der Waals surface area contributed by atoms with Gasteiger partial charge in [0, 0.05) is 29.8 Å². The summed E-state index contributed by atoms with van der Waals surface area (Å²) in [4.78, 5) is 22.8. The van der Waals surface area contributed by atoms with Crippen LogP contribution in [-0.2, 0) is 6.61 Å². The minimum Gasteiger partial charge on any atom is -0.487 e. The Morgan fingerprint density at radius 3 is 2.72 bits per heavy atom. The minimum atomic E-state index is -0.555. The highest BCUT2D eigenvalue weighted by atomic mass is 19.1. The number of pyridine rings is 1. The summed E-state index contributed by atoms with van der Waals surface area (Å²) < 4.78 is 20.1. The molecule has 0 saturated carbocycles. The minimum absolute atomic E-state index is 0.103. The molecule has 0 radical (unpaired) electrons. The summed E-state index contributed by atoms with van der Waals surface area (Å²) in [5.74, 6) is 0.0577. The number of benzene rings is 2. The van der Waals surface area contributed by atoms with Crippen molar-refractivity contribution >= 4 is 28.1 Å². The molecule has 144 valence electrons. The molecule has 1 N–H and O–H groups in total. The highest BCUT2D eigenvalue weighted by Gasteiger charge is 2.13. The lowest BCUT2D eigenvalue weighted by Crippen LogP contribution is -2.01. The third kappa shape index (κ3) is 4.08. The zero-order valence-corrected chi connectivity index (χ0v) is 14.9. The standard InChI is InChI=1S/C20H14FN5O3/c21-17-10-15(29-11-13-3-1-2-8-22-13)5-7-19(17)25-20-16-9-14(26(27)28)4-6-18(16)23-12-24-20/h1-10,12H,11H2,(H,23,24,25). The maximum absolute atomic E-state index is 14.6. The lowest BCUT2D eigenvalue weighted by Gasteiger charge is -2.11. The number of anilines is 2. The number of non-ortho nitro benzene ring substituents is 1. The molecule has 0 fully saturated rings. The molecule has 4 rings (SSSR count). The number of halogens is 1. The first-order chi connectivity index (χ1) is 14.1. The van der Waals surface area contributed by atoms with Crippen molar-refractivity contribution in [2.24, 2.45) is 0 Å². The molecule has 2 heterocycles. The van der Waals surface area contributed by atoms with Gasteiger partial charge in [0.05, 0.1) is 21.8 Å². The second kappa shape index (κ2) is 7.85. The van der Waals surface area contributed by atoms with E-state index in [2.05, 4.69) is 20.3 Å². The highest BCUT2D eigenvalue weighted by molar-refractivity contribution is 5.92. The van der Waals surface area contributed by atoms with E-state index in [1.165, 1.54) is 36.7 Å². The summed E-state index contributed by atoms with van der Waals surface area (Å²) in [6.45, 7) is 0.216. The molecule has 2 aromatic heterocycles. The maximum Gasteiger partial charge on any atom is 0.270 e. The first-order valence-corrected chi connectivity index (χ1v) is 8.58. The number of aromatic nitrogens is 3. The smallest absolute Gasteiger partial charge is 0.270 e. The van der Waals surface area contributed by atoms with Crippen molar-refractivity contribution in [2.45, 2.75) is 6.61 Å². The van der Waals surface area contributed by atoms with Gasteiger partial charge >= 0.3 is 0 Å². The molecule has 0 aliphatic heterocycles.